The molecule has 0 spiro atoms. The number of anilines is 1. The van der Waals surface area contributed by atoms with Gasteiger partial charge in [0.25, 0.3) is 0 Å². The van der Waals surface area contributed by atoms with Gasteiger partial charge < -0.3 is 20.2 Å². The summed E-state index contributed by atoms with van der Waals surface area (Å²) in [4.78, 5) is 8.74. The fourth-order valence-corrected chi connectivity index (χ4v) is 2.38. The second kappa shape index (κ2) is 6.31. The number of benzene rings is 1. The molecule has 5 heteroatoms. The van der Waals surface area contributed by atoms with E-state index in [1.54, 1.807) is 6.07 Å². The van der Waals surface area contributed by atoms with E-state index >= 15 is 0 Å². The highest BCUT2D eigenvalue weighted by atomic mass is 16.3. The van der Waals surface area contributed by atoms with Crippen molar-refractivity contribution in [2.75, 3.05) is 44.7 Å². The zero-order valence-corrected chi connectivity index (χ0v) is 11.6. The molecule has 0 bridgehead atoms. The van der Waals surface area contributed by atoms with Crippen LogP contribution >= 0.6 is 0 Å². The van der Waals surface area contributed by atoms with Crippen LogP contribution in [0.4, 0.5) is 5.69 Å². The molecule has 1 heterocycles. The van der Waals surface area contributed by atoms with Crippen LogP contribution in [0.3, 0.4) is 0 Å². The molecule has 2 N–H and O–H groups in total. The number of aliphatic imine (C=N–C) groups is 1. The van der Waals surface area contributed by atoms with Crippen LogP contribution in [0.1, 0.15) is 6.92 Å². The molecule has 0 aliphatic carbocycles. The number of nitrogens with zero attached hydrogens (tertiary/aromatic N) is 3. The van der Waals surface area contributed by atoms with Crippen LogP contribution in [0.2, 0.25) is 0 Å². The lowest BCUT2D eigenvalue weighted by Crippen LogP contribution is -2.52. The van der Waals surface area contributed by atoms with Gasteiger partial charge in [0.05, 0.1) is 5.69 Å². The number of phenols is 1. The molecule has 2 rings (SSSR count). The molecule has 0 saturated carbocycles. The highest BCUT2D eigenvalue weighted by Gasteiger charge is 2.20. The number of guanidine groups is 1. The summed E-state index contributed by atoms with van der Waals surface area (Å²) in [6.45, 7) is 6.56. The summed E-state index contributed by atoms with van der Waals surface area (Å²) >= 11 is 0. The summed E-state index contributed by atoms with van der Waals surface area (Å²) in [5.74, 6) is 1.31. The normalized spacial score (nSPS) is 16.6. The Morgan fingerprint density at radius 1 is 1.26 bits per heavy atom. The van der Waals surface area contributed by atoms with Crippen molar-refractivity contribution in [2.24, 2.45) is 4.99 Å². The van der Waals surface area contributed by atoms with Crippen molar-refractivity contribution in [1.82, 2.24) is 10.2 Å². The van der Waals surface area contributed by atoms with Crippen molar-refractivity contribution in [3.05, 3.63) is 24.3 Å². The molecule has 1 saturated heterocycles. The molecular weight excluding hydrogens is 240 g/mol. The Hall–Kier alpha value is -1.91. The summed E-state index contributed by atoms with van der Waals surface area (Å²) in [5, 5.41) is 13.2. The standard InChI is InChI=1S/C14H22N4O/c1-3-16-14(15-2)18-10-8-17(9-11-18)12-6-4-5-7-13(12)19/h4-7,19H,3,8-11H2,1-2H3,(H,15,16). The number of rotatable bonds is 2. The number of aromatic hydroxyl groups is 1. The summed E-state index contributed by atoms with van der Waals surface area (Å²) in [5.41, 5.74) is 0.917. The van der Waals surface area contributed by atoms with Crippen molar-refractivity contribution in [2.45, 2.75) is 6.92 Å². The summed E-state index contributed by atoms with van der Waals surface area (Å²) < 4.78 is 0. The lowest BCUT2D eigenvalue weighted by atomic mass is 10.2. The first-order valence-corrected chi connectivity index (χ1v) is 6.74. The van der Waals surface area contributed by atoms with Gasteiger partial charge in [-0.1, -0.05) is 12.1 Å². The van der Waals surface area contributed by atoms with Crippen LogP contribution < -0.4 is 10.2 Å². The van der Waals surface area contributed by atoms with E-state index in [9.17, 15) is 5.11 Å². The second-order valence-corrected chi connectivity index (χ2v) is 4.54. The van der Waals surface area contributed by atoms with Gasteiger partial charge >= 0.3 is 0 Å². The van der Waals surface area contributed by atoms with E-state index in [1.807, 2.05) is 25.2 Å². The van der Waals surface area contributed by atoms with Gasteiger partial charge in [-0.05, 0) is 19.1 Å². The summed E-state index contributed by atoms with van der Waals surface area (Å²) in [6.07, 6.45) is 0. The molecule has 19 heavy (non-hydrogen) atoms. The summed E-state index contributed by atoms with van der Waals surface area (Å²) in [7, 11) is 1.81. The average Bonchev–Trinajstić information content (AvgIpc) is 2.46. The number of nitrogens with one attached hydrogen (secondary N) is 1. The van der Waals surface area contributed by atoms with Crippen molar-refractivity contribution in [3.63, 3.8) is 0 Å². The Morgan fingerprint density at radius 2 is 1.95 bits per heavy atom. The monoisotopic (exact) mass is 262 g/mol. The molecule has 0 radical (unpaired) electrons. The highest BCUT2D eigenvalue weighted by molar-refractivity contribution is 5.80. The molecule has 1 aromatic carbocycles. The fourth-order valence-electron chi connectivity index (χ4n) is 2.38. The number of hydrogen-bond donors (Lipinski definition) is 2. The minimum absolute atomic E-state index is 0.354. The van der Waals surface area contributed by atoms with Gasteiger partial charge in [-0.2, -0.15) is 0 Å². The molecular formula is C14H22N4O. The smallest absolute Gasteiger partial charge is 0.193 e. The van der Waals surface area contributed by atoms with Crippen LogP contribution in [0.15, 0.2) is 29.3 Å². The molecule has 104 valence electrons. The second-order valence-electron chi connectivity index (χ2n) is 4.54. The van der Waals surface area contributed by atoms with Gasteiger partial charge in [-0.15, -0.1) is 0 Å². The maximum absolute atomic E-state index is 9.88. The lowest BCUT2D eigenvalue weighted by molar-refractivity contribution is 0.371. The third-order valence-electron chi connectivity index (χ3n) is 3.35. The largest absolute Gasteiger partial charge is 0.506 e. The summed E-state index contributed by atoms with van der Waals surface area (Å²) in [6, 6.07) is 7.50. The van der Waals surface area contributed by atoms with Gasteiger partial charge in [0, 0.05) is 39.8 Å². The minimum Gasteiger partial charge on any atom is -0.506 e. The maximum Gasteiger partial charge on any atom is 0.193 e. The molecule has 0 unspecified atom stereocenters. The number of para-hydroxylation sites is 2. The number of phenolic OH excluding ortho intramolecular Hbond substituents is 1. The van der Waals surface area contributed by atoms with Crippen LogP contribution in [-0.4, -0.2) is 55.7 Å². The fraction of sp³-hybridized carbons (Fsp3) is 0.500. The Labute approximate surface area is 114 Å². The predicted octanol–water partition coefficient (Wildman–Crippen LogP) is 1.11. The van der Waals surface area contributed by atoms with Gasteiger partial charge in [0.15, 0.2) is 5.96 Å². The molecule has 5 nitrogen and oxygen atoms in total. The Morgan fingerprint density at radius 3 is 2.53 bits per heavy atom. The third-order valence-corrected chi connectivity index (χ3v) is 3.35. The van der Waals surface area contributed by atoms with Crippen molar-refractivity contribution < 1.29 is 5.11 Å². The van der Waals surface area contributed by atoms with Crippen molar-refractivity contribution in [1.29, 1.82) is 0 Å². The zero-order chi connectivity index (χ0) is 13.7. The van der Waals surface area contributed by atoms with E-state index in [4.69, 9.17) is 0 Å². The van der Waals surface area contributed by atoms with Crippen molar-refractivity contribution >= 4 is 11.6 Å². The average molecular weight is 262 g/mol. The van der Waals surface area contributed by atoms with Gasteiger partial charge in [0.2, 0.25) is 0 Å². The molecule has 1 aromatic rings. The van der Waals surface area contributed by atoms with Gasteiger partial charge in [-0.3, -0.25) is 4.99 Å². The predicted molar refractivity (Wildman–Crippen MR) is 78.9 cm³/mol. The van der Waals surface area contributed by atoms with Crippen LogP contribution in [0.25, 0.3) is 0 Å². The quantitative estimate of drug-likeness (QED) is 0.619. The van der Waals surface area contributed by atoms with Crippen LogP contribution in [0.5, 0.6) is 5.75 Å². The molecule has 0 atom stereocenters. The minimum atomic E-state index is 0.354. The Kier molecular flexibility index (Phi) is 4.49. The third kappa shape index (κ3) is 3.10. The van der Waals surface area contributed by atoms with E-state index in [1.165, 1.54) is 0 Å². The number of piperazine rings is 1. The number of hydrogen-bond acceptors (Lipinski definition) is 3. The van der Waals surface area contributed by atoms with E-state index < -0.39 is 0 Å². The Balaban J connectivity index is 1.98. The lowest BCUT2D eigenvalue weighted by Gasteiger charge is -2.37. The van der Waals surface area contributed by atoms with E-state index in [2.05, 4.69) is 27.0 Å². The molecule has 0 amide bonds. The van der Waals surface area contributed by atoms with E-state index in [0.29, 0.717) is 5.75 Å². The van der Waals surface area contributed by atoms with Gasteiger partial charge in [-0.25, -0.2) is 0 Å². The van der Waals surface area contributed by atoms with Crippen LogP contribution in [0, 0.1) is 0 Å². The molecule has 1 fully saturated rings. The maximum atomic E-state index is 9.88. The van der Waals surface area contributed by atoms with Crippen LogP contribution in [-0.2, 0) is 0 Å². The first-order chi connectivity index (χ1) is 9.26. The van der Waals surface area contributed by atoms with Gasteiger partial charge in [0.1, 0.15) is 5.75 Å². The molecule has 0 aromatic heterocycles. The van der Waals surface area contributed by atoms with E-state index in [-0.39, 0.29) is 0 Å². The zero-order valence-electron chi connectivity index (χ0n) is 11.6. The first kappa shape index (κ1) is 13.5. The SMILES string of the molecule is CCNC(=NC)N1CCN(c2ccccc2O)CC1. The van der Waals surface area contributed by atoms with Crippen molar-refractivity contribution in [3.8, 4) is 5.75 Å². The van der Waals surface area contributed by atoms with E-state index in [0.717, 1.165) is 44.4 Å². The topological polar surface area (TPSA) is 51.1 Å². The molecule has 1 aliphatic rings. The molecule has 1 aliphatic heterocycles. The highest BCUT2D eigenvalue weighted by Crippen LogP contribution is 2.27. The first-order valence-electron chi connectivity index (χ1n) is 6.74. The Bertz CT molecular complexity index is 439.